The molecule has 0 aromatic carbocycles. The third kappa shape index (κ3) is 2.79. The van der Waals surface area contributed by atoms with E-state index in [-0.39, 0.29) is 11.0 Å². The summed E-state index contributed by atoms with van der Waals surface area (Å²) in [5, 5.41) is 10.5. The predicted molar refractivity (Wildman–Crippen MR) is 93.5 cm³/mol. The van der Waals surface area contributed by atoms with Gasteiger partial charge < -0.3 is 14.6 Å². The Labute approximate surface area is 142 Å². The van der Waals surface area contributed by atoms with Crippen LogP contribution in [0.5, 0.6) is 0 Å². The Morgan fingerprint density at radius 3 is 2.79 bits per heavy atom. The average molecular weight is 330 g/mol. The van der Waals surface area contributed by atoms with Crippen LogP contribution in [0.25, 0.3) is 11.6 Å². The SMILES string of the molecule is CCNC(=NCc1nc(-c2ccco2)n[nH]1)N1CC(C)(C)C1(C)C. The summed E-state index contributed by atoms with van der Waals surface area (Å²) < 4.78 is 5.31. The lowest BCUT2D eigenvalue weighted by molar-refractivity contribution is -0.0667. The van der Waals surface area contributed by atoms with Crippen molar-refractivity contribution in [2.24, 2.45) is 10.4 Å². The number of furan rings is 1. The van der Waals surface area contributed by atoms with Crippen molar-refractivity contribution in [3.63, 3.8) is 0 Å². The number of nitrogens with one attached hydrogen (secondary N) is 2. The van der Waals surface area contributed by atoms with Crippen LogP contribution < -0.4 is 5.32 Å². The van der Waals surface area contributed by atoms with Crippen LogP contribution in [0.3, 0.4) is 0 Å². The second-order valence-electron chi connectivity index (χ2n) is 7.28. The topological polar surface area (TPSA) is 82.3 Å². The molecule has 3 rings (SSSR count). The van der Waals surface area contributed by atoms with Gasteiger partial charge in [0.1, 0.15) is 12.4 Å². The van der Waals surface area contributed by atoms with Crippen LogP contribution in [0, 0.1) is 5.41 Å². The Hall–Kier alpha value is -2.31. The molecule has 0 bridgehead atoms. The summed E-state index contributed by atoms with van der Waals surface area (Å²) in [7, 11) is 0. The van der Waals surface area contributed by atoms with Gasteiger partial charge in [-0.1, -0.05) is 13.8 Å². The standard InChI is InChI=1S/C17H26N6O/c1-6-18-15(23-11-16(2,3)17(23,4)5)19-10-13-20-14(22-21-13)12-8-7-9-24-12/h7-9H,6,10-11H2,1-5H3,(H,18,19)(H,20,21,22). The molecule has 2 N–H and O–H groups in total. The second-order valence-corrected chi connectivity index (χ2v) is 7.28. The number of hydrogen-bond donors (Lipinski definition) is 2. The van der Waals surface area contributed by atoms with Crippen molar-refractivity contribution in [2.75, 3.05) is 13.1 Å². The first-order valence-electron chi connectivity index (χ1n) is 8.36. The Bertz CT molecular complexity index is 713. The van der Waals surface area contributed by atoms with Gasteiger partial charge in [-0.05, 0) is 32.9 Å². The van der Waals surface area contributed by atoms with E-state index in [2.05, 4.69) is 60.0 Å². The summed E-state index contributed by atoms with van der Waals surface area (Å²) in [6, 6.07) is 3.66. The largest absolute Gasteiger partial charge is 0.461 e. The zero-order valence-electron chi connectivity index (χ0n) is 15.1. The molecule has 0 saturated carbocycles. The number of rotatable bonds is 4. The van der Waals surface area contributed by atoms with E-state index in [0.717, 1.165) is 24.9 Å². The normalized spacial score (nSPS) is 19.2. The molecule has 3 heterocycles. The van der Waals surface area contributed by atoms with Gasteiger partial charge in [0.2, 0.25) is 5.82 Å². The maximum Gasteiger partial charge on any atom is 0.216 e. The van der Waals surface area contributed by atoms with Crippen molar-refractivity contribution < 1.29 is 4.42 Å². The molecular weight excluding hydrogens is 304 g/mol. The Morgan fingerprint density at radius 1 is 1.42 bits per heavy atom. The van der Waals surface area contributed by atoms with Crippen molar-refractivity contribution in [1.82, 2.24) is 25.4 Å². The molecule has 1 aliphatic heterocycles. The lowest BCUT2D eigenvalue weighted by Crippen LogP contribution is -2.72. The third-order valence-corrected chi connectivity index (χ3v) is 5.13. The molecule has 0 spiro atoms. The van der Waals surface area contributed by atoms with Crippen LogP contribution in [0.1, 0.15) is 40.4 Å². The molecule has 1 fully saturated rings. The van der Waals surface area contributed by atoms with Gasteiger partial charge in [-0.3, -0.25) is 5.10 Å². The van der Waals surface area contributed by atoms with Crippen molar-refractivity contribution in [3.8, 4) is 11.6 Å². The monoisotopic (exact) mass is 330 g/mol. The van der Waals surface area contributed by atoms with E-state index in [1.165, 1.54) is 0 Å². The molecule has 24 heavy (non-hydrogen) atoms. The first kappa shape index (κ1) is 16.5. The lowest BCUT2D eigenvalue weighted by atomic mass is 9.65. The molecule has 2 aromatic rings. The van der Waals surface area contributed by atoms with Crippen LogP contribution in [0.15, 0.2) is 27.8 Å². The number of nitrogens with zero attached hydrogens (tertiary/aromatic N) is 4. The Balaban J connectivity index is 1.73. The van der Waals surface area contributed by atoms with Crippen LogP contribution in [0.4, 0.5) is 0 Å². The highest BCUT2D eigenvalue weighted by Gasteiger charge is 2.53. The van der Waals surface area contributed by atoms with E-state index < -0.39 is 0 Å². The van der Waals surface area contributed by atoms with E-state index in [4.69, 9.17) is 9.41 Å². The summed E-state index contributed by atoms with van der Waals surface area (Å²) in [5.74, 6) is 2.84. The van der Waals surface area contributed by atoms with Gasteiger partial charge >= 0.3 is 0 Å². The molecule has 0 amide bonds. The highest BCUT2D eigenvalue weighted by molar-refractivity contribution is 5.82. The van der Waals surface area contributed by atoms with E-state index >= 15 is 0 Å². The molecule has 2 aromatic heterocycles. The first-order valence-corrected chi connectivity index (χ1v) is 8.36. The summed E-state index contributed by atoms with van der Waals surface area (Å²) >= 11 is 0. The van der Waals surface area contributed by atoms with Crippen molar-refractivity contribution in [1.29, 1.82) is 0 Å². The molecule has 1 aliphatic rings. The molecule has 1 saturated heterocycles. The maximum absolute atomic E-state index is 5.31. The Morgan fingerprint density at radius 2 is 2.21 bits per heavy atom. The quantitative estimate of drug-likeness (QED) is 0.665. The van der Waals surface area contributed by atoms with Crippen molar-refractivity contribution in [2.45, 2.75) is 46.7 Å². The minimum atomic E-state index is 0.0642. The minimum absolute atomic E-state index is 0.0642. The average Bonchev–Trinajstić information content (AvgIpc) is 3.20. The third-order valence-electron chi connectivity index (χ3n) is 5.13. The molecule has 0 aliphatic carbocycles. The van der Waals surface area contributed by atoms with Gasteiger partial charge in [-0.15, -0.1) is 5.10 Å². The van der Waals surface area contributed by atoms with Crippen molar-refractivity contribution >= 4 is 5.96 Å². The first-order chi connectivity index (χ1) is 11.3. The van der Waals surface area contributed by atoms with Crippen LogP contribution >= 0.6 is 0 Å². The fourth-order valence-corrected chi connectivity index (χ4v) is 2.83. The summed E-state index contributed by atoms with van der Waals surface area (Å²) in [5.41, 5.74) is 0.330. The maximum atomic E-state index is 5.31. The van der Waals surface area contributed by atoms with E-state index in [9.17, 15) is 0 Å². The molecule has 7 nitrogen and oxygen atoms in total. The molecule has 0 atom stereocenters. The minimum Gasteiger partial charge on any atom is -0.461 e. The molecule has 0 unspecified atom stereocenters. The van der Waals surface area contributed by atoms with Gasteiger partial charge in [-0.2, -0.15) is 0 Å². The number of guanidine groups is 1. The summed E-state index contributed by atoms with van der Waals surface area (Å²) in [6.45, 7) is 13.4. The summed E-state index contributed by atoms with van der Waals surface area (Å²) in [4.78, 5) is 11.5. The molecular formula is C17H26N6O. The molecule has 130 valence electrons. The highest BCUT2D eigenvalue weighted by Crippen LogP contribution is 2.46. The van der Waals surface area contributed by atoms with Crippen molar-refractivity contribution in [3.05, 3.63) is 24.2 Å². The number of aromatic nitrogens is 3. The van der Waals surface area contributed by atoms with E-state index in [1.54, 1.807) is 6.26 Å². The Kier molecular flexibility index (Phi) is 4.11. The fourth-order valence-electron chi connectivity index (χ4n) is 2.83. The second kappa shape index (κ2) is 5.96. The number of aromatic amines is 1. The van der Waals surface area contributed by atoms with Crippen LogP contribution in [0.2, 0.25) is 0 Å². The predicted octanol–water partition coefficient (Wildman–Crippen LogP) is 2.65. The van der Waals surface area contributed by atoms with Gasteiger partial charge in [0.15, 0.2) is 11.7 Å². The van der Waals surface area contributed by atoms with Gasteiger partial charge in [0.25, 0.3) is 0 Å². The molecule has 7 heteroatoms. The van der Waals surface area contributed by atoms with Gasteiger partial charge in [0.05, 0.1) is 6.26 Å². The summed E-state index contributed by atoms with van der Waals surface area (Å²) in [6.07, 6.45) is 1.61. The number of aliphatic imine (C=N–C) groups is 1. The smallest absolute Gasteiger partial charge is 0.216 e. The van der Waals surface area contributed by atoms with Gasteiger partial charge in [-0.25, -0.2) is 9.98 Å². The van der Waals surface area contributed by atoms with Crippen LogP contribution in [-0.4, -0.2) is 44.7 Å². The van der Waals surface area contributed by atoms with E-state index in [1.807, 2.05) is 12.1 Å². The zero-order chi connectivity index (χ0) is 17.4. The number of hydrogen-bond acceptors (Lipinski definition) is 4. The van der Waals surface area contributed by atoms with Gasteiger partial charge in [0, 0.05) is 24.0 Å². The lowest BCUT2D eigenvalue weighted by Gasteiger charge is -2.62. The molecule has 0 radical (unpaired) electrons. The van der Waals surface area contributed by atoms with E-state index in [0.29, 0.717) is 18.1 Å². The number of H-pyrrole nitrogens is 1. The zero-order valence-corrected chi connectivity index (χ0v) is 15.1. The fraction of sp³-hybridized carbons (Fsp3) is 0.588. The highest BCUT2D eigenvalue weighted by atomic mass is 16.3. The number of likely N-dealkylation sites (tertiary alicyclic amines) is 1. The van der Waals surface area contributed by atoms with Crippen LogP contribution in [-0.2, 0) is 6.54 Å².